The van der Waals surface area contributed by atoms with E-state index in [1.165, 1.54) is 63.8 Å². The van der Waals surface area contributed by atoms with Gasteiger partial charge in [0.1, 0.15) is 0 Å². The van der Waals surface area contributed by atoms with Crippen LogP contribution in [0.4, 0.5) is 0 Å². The molecule has 0 aliphatic carbocycles. The van der Waals surface area contributed by atoms with Gasteiger partial charge in [0.15, 0.2) is 0 Å². The maximum atomic E-state index is 2.28. The SMILES string of the molecule is CCCCCCc1cc[c]([SnH])cc1. The van der Waals surface area contributed by atoms with Crippen LogP contribution in [0.5, 0.6) is 0 Å². The van der Waals surface area contributed by atoms with Gasteiger partial charge in [-0.1, -0.05) is 0 Å². The number of aryl methyl sites for hydroxylation is 1. The Kier molecular flexibility index (Phi) is 5.52. The van der Waals surface area contributed by atoms with Crippen LogP contribution in [-0.2, 0) is 6.42 Å². The summed E-state index contributed by atoms with van der Waals surface area (Å²) in [5.74, 6) is 0. The van der Waals surface area contributed by atoms with Crippen LogP contribution in [0, 0.1) is 0 Å². The molecule has 70 valence electrons. The summed E-state index contributed by atoms with van der Waals surface area (Å²) in [6, 6.07) is 9.09. The van der Waals surface area contributed by atoms with Crippen molar-refractivity contribution in [3.05, 3.63) is 29.8 Å². The van der Waals surface area contributed by atoms with Gasteiger partial charge in [-0.3, -0.25) is 0 Å². The van der Waals surface area contributed by atoms with Gasteiger partial charge in [-0.25, -0.2) is 0 Å². The first-order valence-electron chi connectivity index (χ1n) is 5.17. The summed E-state index contributed by atoms with van der Waals surface area (Å²) in [5.41, 5.74) is 1.51. The van der Waals surface area contributed by atoms with Gasteiger partial charge in [0.25, 0.3) is 0 Å². The monoisotopic (exact) mass is 282 g/mol. The molecular weight excluding hydrogens is 263 g/mol. The fourth-order valence-electron chi connectivity index (χ4n) is 1.44. The molecular formula is C12H18Sn. The summed E-state index contributed by atoms with van der Waals surface area (Å²) in [4.78, 5) is 0. The van der Waals surface area contributed by atoms with E-state index in [0.29, 0.717) is 0 Å². The third-order valence-electron chi connectivity index (χ3n) is 2.30. The van der Waals surface area contributed by atoms with Crippen molar-refractivity contribution in [2.24, 2.45) is 0 Å². The molecule has 0 heterocycles. The number of rotatable bonds is 5. The van der Waals surface area contributed by atoms with Crippen molar-refractivity contribution in [3.63, 3.8) is 0 Å². The molecule has 0 aliphatic heterocycles. The summed E-state index contributed by atoms with van der Waals surface area (Å²) in [5, 5.41) is 0. The van der Waals surface area contributed by atoms with Crippen molar-refractivity contribution >= 4 is 26.1 Å². The van der Waals surface area contributed by atoms with E-state index < -0.39 is 0 Å². The van der Waals surface area contributed by atoms with Crippen molar-refractivity contribution in [2.75, 3.05) is 0 Å². The molecule has 1 heteroatoms. The predicted molar refractivity (Wildman–Crippen MR) is 61.1 cm³/mol. The third-order valence-corrected chi connectivity index (χ3v) is 3.40. The van der Waals surface area contributed by atoms with E-state index >= 15 is 0 Å². The van der Waals surface area contributed by atoms with E-state index in [9.17, 15) is 0 Å². The van der Waals surface area contributed by atoms with E-state index in [1.54, 1.807) is 0 Å². The molecule has 0 nitrogen and oxygen atoms in total. The summed E-state index contributed by atoms with van der Waals surface area (Å²) in [6.07, 6.45) is 6.73. The van der Waals surface area contributed by atoms with Crippen molar-refractivity contribution in [3.8, 4) is 0 Å². The van der Waals surface area contributed by atoms with Gasteiger partial charge < -0.3 is 0 Å². The molecule has 0 N–H and O–H groups in total. The molecule has 0 aromatic heterocycles. The minimum atomic E-state index is 1.24. The maximum absolute atomic E-state index is 2.28. The zero-order valence-electron chi connectivity index (χ0n) is 8.42. The van der Waals surface area contributed by atoms with Crippen molar-refractivity contribution in [1.29, 1.82) is 0 Å². The zero-order valence-corrected chi connectivity index (χ0v) is 11.7. The number of unbranched alkanes of at least 4 members (excludes halogenated alkanes) is 3. The van der Waals surface area contributed by atoms with Crippen LogP contribution in [0.15, 0.2) is 24.3 Å². The van der Waals surface area contributed by atoms with E-state index in [0.717, 1.165) is 0 Å². The average molecular weight is 281 g/mol. The van der Waals surface area contributed by atoms with Crippen LogP contribution in [0.2, 0.25) is 0 Å². The molecule has 1 aromatic rings. The predicted octanol–water partition coefficient (Wildman–Crippen LogP) is 2.34. The molecule has 0 saturated carbocycles. The van der Waals surface area contributed by atoms with Crippen LogP contribution in [0.1, 0.15) is 38.2 Å². The number of benzene rings is 1. The molecule has 0 saturated heterocycles. The standard InChI is InChI=1S/C12H17.Sn.H/c1-2-3-4-6-9-12-10-7-5-8-11-12;;/h7-8,10-11H,2-4,6,9H2,1H3;;. The molecule has 0 bridgehead atoms. The normalized spacial score (nSPS) is 10.3. The summed E-state index contributed by atoms with van der Waals surface area (Å²) >= 11 is 1.24. The fraction of sp³-hybridized carbons (Fsp3) is 0.500. The first kappa shape index (κ1) is 11.1. The van der Waals surface area contributed by atoms with Gasteiger partial charge >= 0.3 is 95.0 Å². The Morgan fingerprint density at radius 3 is 2.31 bits per heavy atom. The van der Waals surface area contributed by atoms with Crippen molar-refractivity contribution < 1.29 is 0 Å². The Bertz CT molecular complexity index is 225. The first-order chi connectivity index (χ1) is 6.33. The van der Waals surface area contributed by atoms with Gasteiger partial charge in [-0.05, 0) is 0 Å². The summed E-state index contributed by atoms with van der Waals surface area (Å²) in [6.45, 7) is 2.26. The Balaban J connectivity index is 2.25. The van der Waals surface area contributed by atoms with Crippen LogP contribution >= 0.6 is 0 Å². The van der Waals surface area contributed by atoms with Crippen molar-refractivity contribution in [2.45, 2.75) is 39.0 Å². The van der Waals surface area contributed by atoms with Crippen LogP contribution in [0.3, 0.4) is 0 Å². The topological polar surface area (TPSA) is 0 Å². The number of hydrogen-bond acceptors (Lipinski definition) is 0. The summed E-state index contributed by atoms with van der Waals surface area (Å²) < 4.78 is 1.49. The zero-order chi connectivity index (χ0) is 9.52. The van der Waals surface area contributed by atoms with Gasteiger partial charge in [-0.2, -0.15) is 0 Å². The molecule has 0 amide bonds. The van der Waals surface area contributed by atoms with Crippen molar-refractivity contribution in [1.82, 2.24) is 0 Å². The third kappa shape index (κ3) is 4.70. The first-order valence-corrected chi connectivity index (χ1v) is 6.82. The van der Waals surface area contributed by atoms with Crippen LogP contribution in [-0.4, -0.2) is 22.5 Å². The van der Waals surface area contributed by atoms with Gasteiger partial charge in [0.05, 0.1) is 0 Å². The second-order valence-electron chi connectivity index (χ2n) is 3.55. The molecule has 13 heavy (non-hydrogen) atoms. The van der Waals surface area contributed by atoms with Gasteiger partial charge in [0.2, 0.25) is 0 Å². The number of hydrogen-bond donors (Lipinski definition) is 0. The quantitative estimate of drug-likeness (QED) is 0.574. The van der Waals surface area contributed by atoms with Gasteiger partial charge in [0, 0.05) is 0 Å². The molecule has 0 fully saturated rings. The molecule has 0 aliphatic rings. The summed E-state index contributed by atoms with van der Waals surface area (Å²) in [7, 11) is 0. The Morgan fingerprint density at radius 1 is 1.00 bits per heavy atom. The van der Waals surface area contributed by atoms with Crippen LogP contribution in [0.25, 0.3) is 0 Å². The van der Waals surface area contributed by atoms with Crippen LogP contribution < -0.4 is 3.58 Å². The minimum absolute atomic E-state index is 1.24. The van der Waals surface area contributed by atoms with E-state index in [2.05, 4.69) is 31.2 Å². The van der Waals surface area contributed by atoms with E-state index in [-0.39, 0.29) is 0 Å². The molecule has 0 spiro atoms. The van der Waals surface area contributed by atoms with E-state index in [1.807, 2.05) is 0 Å². The molecule has 1 rings (SSSR count). The Morgan fingerprint density at radius 2 is 1.69 bits per heavy atom. The Hall–Kier alpha value is 0.0187. The molecule has 0 atom stereocenters. The second-order valence-corrected chi connectivity index (χ2v) is 5.45. The van der Waals surface area contributed by atoms with Gasteiger partial charge in [-0.15, -0.1) is 0 Å². The average Bonchev–Trinajstić information content (AvgIpc) is 2.15. The Labute approximate surface area is 94.8 Å². The van der Waals surface area contributed by atoms with E-state index in [4.69, 9.17) is 0 Å². The molecule has 2 radical (unpaired) electrons. The fourth-order valence-corrected chi connectivity index (χ4v) is 1.99. The molecule has 1 aromatic carbocycles. The molecule has 0 unspecified atom stereocenters. The second kappa shape index (κ2) is 6.47.